The molecule has 3 rings (SSSR count). The summed E-state index contributed by atoms with van der Waals surface area (Å²) < 4.78 is 1.21. The first-order chi connectivity index (χ1) is 8.34. The monoisotopic (exact) mass is 248 g/mol. The average molecular weight is 248 g/mol. The van der Waals surface area contributed by atoms with Crippen LogP contribution in [0.25, 0.3) is 10.2 Å². The maximum absolute atomic E-state index is 9.79. The zero-order valence-electron chi connectivity index (χ0n) is 9.60. The molecular weight excluding hydrogens is 232 g/mol. The molecule has 0 aliphatic heterocycles. The number of nitrogens with zero attached hydrogens (tertiary/aromatic N) is 1. The molecule has 2 N–H and O–H groups in total. The smallest absolute Gasteiger partial charge is 0.0830 e. The standard InChI is InChI=1S/C13H16N2OS/c16-12-3-1-2-9(12)8-15-10-4-6-14-11-5-7-17-13(10)11/h4-7,9,12,16H,1-3,8H2,(H,14,15). The first-order valence-electron chi connectivity index (χ1n) is 6.09. The van der Waals surface area contributed by atoms with Crippen LogP contribution in [0.2, 0.25) is 0 Å². The highest BCUT2D eigenvalue weighted by Crippen LogP contribution is 2.29. The van der Waals surface area contributed by atoms with Gasteiger partial charge < -0.3 is 10.4 Å². The summed E-state index contributed by atoms with van der Waals surface area (Å²) in [5.41, 5.74) is 2.19. The quantitative estimate of drug-likeness (QED) is 0.878. The zero-order chi connectivity index (χ0) is 11.7. The molecule has 2 aromatic rings. The van der Waals surface area contributed by atoms with Gasteiger partial charge in [-0.2, -0.15) is 0 Å². The number of anilines is 1. The van der Waals surface area contributed by atoms with Gasteiger partial charge in [-0.3, -0.25) is 4.98 Å². The lowest BCUT2D eigenvalue weighted by Crippen LogP contribution is -2.21. The Kier molecular flexibility index (Phi) is 2.99. The van der Waals surface area contributed by atoms with E-state index in [4.69, 9.17) is 0 Å². The van der Waals surface area contributed by atoms with Gasteiger partial charge in [0.2, 0.25) is 0 Å². The lowest BCUT2D eigenvalue weighted by molar-refractivity contribution is 0.138. The predicted octanol–water partition coefficient (Wildman–Crippen LogP) is 2.87. The predicted molar refractivity (Wildman–Crippen MR) is 71.5 cm³/mol. The van der Waals surface area contributed by atoms with Crippen LogP contribution in [0.3, 0.4) is 0 Å². The molecule has 0 bridgehead atoms. The Balaban J connectivity index is 1.74. The van der Waals surface area contributed by atoms with Crippen molar-refractivity contribution in [3.8, 4) is 0 Å². The van der Waals surface area contributed by atoms with Crippen molar-refractivity contribution < 1.29 is 5.11 Å². The van der Waals surface area contributed by atoms with Gasteiger partial charge in [0.15, 0.2) is 0 Å². The van der Waals surface area contributed by atoms with Crippen LogP contribution in [0.4, 0.5) is 5.69 Å². The number of fused-ring (bicyclic) bond motifs is 1. The maximum Gasteiger partial charge on any atom is 0.0830 e. The third kappa shape index (κ3) is 2.15. The largest absolute Gasteiger partial charge is 0.393 e. The summed E-state index contributed by atoms with van der Waals surface area (Å²) in [6.07, 6.45) is 4.95. The van der Waals surface area contributed by atoms with Crippen LogP contribution in [0.5, 0.6) is 0 Å². The molecule has 1 aliphatic carbocycles. The van der Waals surface area contributed by atoms with Crippen LogP contribution in [-0.2, 0) is 0 Å². The Morgan fingerprint density at radius 2 is 2.35 bits per heavy atom. The molecule has 17 heavy (non-hydrogen) atoms. The number of pyridine rings is 1. The highest BCUT2D eigenvalue weighted by molar-refractivity contribution is 7.17. The first kappa shape index (κ1) is 11.0. The first-order valence-corrected chi connectivity index (χ1v) is 6.97. The summed E-state index contributed by atoms with van der Waals surface area (Å²) in [5, 5.41) is 15.3. The Hall–Kier alpha value is -1.13. The summed E-state index contributed by atoms with van der Waals surface area (Å²) in [4.78, 5) is 4.32. The van der Waals surface area contributed by atoms with Crippen molar-refractivity contribution in [1.82, 2.24) is 4.98 Å². The molecule has 1 saturated carbocycles. The fourth-order valence-electron chi connectivity index (χ4n) is 2.51. The Morgan fingerprint density at radius 3 is 3.18 bits per heavy atom. The van der Waals surface area contributed by atoms with E-state index in [-0.39, 0.29) is 6.10 Å². The third-order valence-electron chi connectivity index (χ3n) is 3.52. The molecule has 90 valence electrons. The van der Waals surface area contributed by atoms with Gasteiger partial charge in [-0.25, -0.2) is 0 Å². The average Bonchev–Trinajstić information content (AvgIpc) is 2.95. The van der Waals surface area contributed by atoms with Crippen LogP contribution in [-0.4, -0.2) is 22.7 Å². The molecule has 2 aromatic heterocycles. The highest BCUT2D eigenvalue weighted by atomic mass is 32.1. The van der Waals surface area contributed by atoms with E-state index in [0.29, 0.717) is 5.92 Å². The van der Waals surface area contributed by atoms with E-state index in [0.717, 1.165) is 37.0 Å². The minimum atomic E-state index is -0.122. The molecule has 4 heteroatoms. The van der Waals surface area contributed by atoms with Gasteiger partial charge in [0, 0.05) is 18.7 Å². The summed E-state index contributed by atoms with van der Waals surface area (Å²) in [5.74, 6) is 0.401. The minimum Gasteiger partial charge on any atom is -0.393 e. The van der Waals surface area contributed by atoms with E-state index in [1.54, 1.807) is 11.3 Å². The number of aliphatic hydroxyl groups is 1. The van der Waals surface area contributed by atoms with Gasteiger partial charge in [-0.05, 0) is 30.4 Å². The second kappa shape index (κ2) is 4.63. The summed E-state index contributed by atoms with van der Waals surface area (Å²) in [6, 6.07) is 4.05. The maximum atomic E-state index is 9.79. The van der Waals surface area contributed by atoms with E-state index in [9.17, 15) is 5.11 Å². The lowest BCUT2D eigenvalue weighted by atomic mass is 10.1. The minimum absolute atomic E-state index is 0.122. The van der Waals surface area contributed by atoms with E-state index in [1.165, 1.54) is 4.70 Å². The molecule has 0 spiro atoms. The highest BCUT2D eigenvalue weighted by Gasteiger charge is 2.24. The fraction of sp³-hybridized carbons (Fsp3) is 0.462. The molecular formula is C13H16N2OS. The number of rotatable bonds is 3. The van der Waals surface area contributed by atoms with Crippen molar-refractivity contribution in [2.45, 2.75) is 25.4 Å². The van der Waals surface area contributed by atoms with Gasteiger partial charge in [0.05, 0.1) is 22.0 Å². The van der Waals surface area contributed by atoms with Crippen LogP contribution < -0.4 is 5.32 Å². The van der Waals surface area contributed by atoms with Crippen LogP contribution in [0, 0.1) is 5.92 Å². The molecule has 0 amide bonds. The molecule has 2 heterocycles. The number of thiophene rings is 1. The summed E-state index contributed by atoms with van der Waals surface area (Å²) in [7, 11) is 0. The van der Waals surface area contributed by atoms with Crippen LogP contribution in [0.1, 0.15) is 19.3 Å². The molecule has 3 nitrogen and oxygen atoms in total. The second-order valence-corrected chi connectivity index (χ2v) is 5.55. The molecule has 0 radical (unpaired) electrons. The van der Waals surface area contributed by atoms with Gasteiger partial charge in [0.1, 0.15) is 0 Å². The Morgan fingerprint density at radius 1 is 1.41 bits per heavy atom. The normalized spacial score (nSPS) is 24.3. The van der Waals surface area contributed by atoms with Crippen molar-refractivity contribution in [3.63, 3.8) is 0 Å². The van der Waals surface area contributed by atoms with Gasteiger partial charge in [-0.15, -0.1) is 11.3 Å². The van der Waals surface area contributed by atoms with Crippen molar-refractivity contribution >= 4 is 27.2 Å². The Bertz CT molecular complexity index is 511. The lowest BCUT2D eigenvalue weighted by Gasteiger charge is -2.16. The third-order valence-corrected chi connectivity index (χ3v) is 4.45. The van der Waals surface area contributed by atoms with E-state index >= 15 is 0 Å². The molecule has 0 aromatic carbocycles. The molecule has 0 saturated heterocycles. The molecule has 1 aliphatic rings. The SMILES string of the molecule is OC1CCCC1CNc1ccnc2ccsc12. The second-order valence-electron chi connectivity index (χ2n) is 4.63. The summed E-state index contributed by atoms with van der Waals surface area (Å²) in [6.45, 7) is 0.859. The van der Waals surface area contributed by atoms with Crippen molar-refractivity contribution in [1.29, 1.82) is 0 Å². The molecule has 2 unspecified atom stereocenters. The van der Waals surface area contributed by atoms with E-state index < -0.39 is 0 Å². The van der Waals surface area contributed by atoms with Crippen molar-refractivity contribution in [3.05, 3.63) is 23.7 Å². The number of nitrogens with one attached hydrogen (secondary N) is 1. The number of hydrogen-bond acceptors (Lipinski definition) is 4. The van der Waals surface area contributed by atoms with Gasteiger partial charge >= 0.3 is 0 Å². The number of hydrogen-bond donors (Lipinski definition) is 2. The van der Waals surface area contributed by atoms with Crippen molar-refractivity contribution in [2.24, 2.45) is 5.92 Å². The van der Waals surface area contributed by atoms with Crippen LogP contribution in [0.15, 0.2) is 23.7 Å². The topological polar surface area (TPSA) is 45.1 Å². The number of aromatic nitrogens is 1. The summed E-state index contributed by atoms with van der Waals surface area (Å²) >= 11 is 1.71. The Labute approximate surface area is 105 Å². The fourth-order valence-corrected chi connectivity index (χ4v) is 3.35. The van der Waals surface area contributed by atoms with Gasteiger partial charge in [-0.1, -0.05) is 6.42 Å². The van der Waals surface area contributed by atoms with Gasteiger partial charge in [0.25, 0.3) is 0 Å². The van der Waals surface area contributed by atoms with Crippen molar-refractivity contribution in [2.75, 3.05) is 11.9 Å². The zero-order valence-corrected chi connectivity index (χ0v) is 10.4. The van der Waals surface area contributed by atoms with Crippen LogP contribution >= 0.6 is 11.3 Å². The van der Waals surface area contributed by atoms with E-state index in [2.05, 4.69) is 15.7 Å². The molecule has 2 atom stereocenters. The van der Waals surface area contributed by atoms with E-state index in [1.807, 2.05) is 18.3 Å². The number of aliphatic hydroxyl groups excluding tert-OH is 1. The molecule has 1 fully saturated rings.